The van der Waals surface area contributed by atoms with Crippen molar-refractivity contribution < 1.29 is 14.3 Å². The van der Waals surface area contributed by atoms with Crippen molar-refractivity contribution >= 4 is 57.0 Å². The number of nitrogens with one attached hydrogen (secondary N) is 2. The van der Waals surface area contributed by atoms with Crippen LogP contribution in [0.5, 0.6) is 5.88 Å². The Morgan fingerprint density at radius 3 is 2.61 bits per heavy atom. The van der Waals surface area contributed by atoms with Crippen LogP contribution in [0.2, 0.25) is 10.0 Å². The number of amides is 1. The van der Waals surface area contributed by atoms with Gasteiger partial charge in [0.05, 0.1) is 18.3 Å². The zero-order valence-corrected chi connectivity index (χ0v) is 28.6. The molecule has 3 aromatic carbocycles. The Hall–Kier alpha value is -4.56. The number of aromatic amines is 1. The summed E-state index contributed by atoms with van der Waals surface area (Å²) in [5.74, 6) is 0.662. The number of carbonyl (C=O) groups is 1. The fraction of sp³-hybridized carbons (Fsp3) is 0.250. The van der Waals surface area contributed by atoms with Crippen molar-refractivity contribution in [3.8, 4) is 5.88 Å². The molecule has 2 unspecified atom stereocenters. The summed E-state index contributed by atoms with van der Waals surface area (Å²) < 4.78 is 11.7. The lowest BCUT2D eigenvalue weighted by Crippen LogP contribution is -2.29. The number of carbonyl (C=O) groups excluding carboxylic acids is 1. The summed E-state index contributed by atoms with van der Waals surface area (Å²) in [6.07, 6.45) is 8.79. The van der Waals surface area contributed by atoms with Gasteiger partial charge in [-0.2, -0.15) is 0 Å². The molecule has 0 saturated carbocycles. The SMILES string of the molecule is CC1CC=CN2C(=C1c1ccccc1)c1c(C(=O)Nc3cccnc3OCC3CCOCC3)[nH]c3cc(Cl)cc(c13)C2c1ccc(Cl)cc1. The van der Waals surface area contributed by atoms with Crippen molar-refractivity contribution in [3.05, 3.63) is 135 Å². The Morgan fingerprint density at radius 1 is 1.02 bits per heavy atom. The van der Waals surface area contributed by atoms with Gasteiger partial charge in [-0.25, -0.2) is 4.98 Å². The van der Waals surface area contributed by atoms with Crippen LogP contribution in [0.3, 0.4) is 0 Å². The fourth-order valence-corrected chi connectivity index (χ4v) is 7.80. The van der Waals surface area contributed by atoms with Crippen LogP contribution < -0.4 is 10.1 Å². The van der Waals surface area contributed by atoms with E-state index in [2.05, 4.69) is 75.8 Å². The molecule has 49 heavy (non-hydrogen) atoms. The standard InChI is InChI=1S/C40H36Cl2N4O3/c1-24-7-6-18-46-37(27-11-13-28(41)14-12-27)30-21-29(42)22-32-34(30)35(38(46)33(24)26-8-3-2-4-9-26)36(44-32)39(47)45-31-10-5-17-43-40(31)49-23-25-15-19-48-20-16-25/h2-6,8-14,17-18,21-22,24-25,37,44H,7,15-16,19-20,23H2,1H3,(H,45,47). The van der Waals surface area contributed by atoms with Crippen molar-refractivity contribution in [3.63, 3.8) is 0 Å². The second-order valence-corrected chi connectivity index (χ2v) is 13.9. The summed E-state index contributed by atoms with van der Waals surface area (Å²) in [4.78, 5) is 24.9. The summed E-state index contributed by atoms with van der Waals surface area (Å²) in [5.41, 5.74) is 7.94. The Bertz CT molecular complexity index is 2080. The molecule has 0 spiro atoms. The maximum atomic E-state index is 14.6. The third kappa shape index (κ3) is 6.01. The van der Waals surface area contributed by atoms with E-state index in [1.807, 2.05) is 36.4 Å². The molecule has 1 saturated heterocycles. The monoisotopic (exact) mass is 690 g/mol. The molecule has 3 aliphatic rings. The topological polar surface area (TPSA) is 79.5 Å². The van der Waals surface area contributed by atoms with E-state index < -0.39 is 0 Å². The van der Waals surface area contributed by atoms with Gasteiger partial charge in [-0.05, 0) is 89.8 Å². The number of rotatable bonds is 7. The number of allylic oxidation sites excluding steroid dienone is 2. The fourth-order valence-electron chi connectivity index (χ4n) is 7.44. The van der Waals surface area contributed by atoms with Gasteiger partial charge in [0.2, 0.25) is 5.88 Å². The molecule has 8 rings (SSSR count). The van der Waals surface area contributed by atoms with E-state index in [1.165, 1.54) is 5.57 Å². The molecule has 5 aromatic rings. The predicted octanol–water partition coefficient (Wildman–Crippen LogP) is 9.75. The summed E-state index contributed by atoms with van der Waals surface area (Å²) >= 11 is 13.2. The van der Waals surface area contributed by atoms with Gasteiger partial charge >= 0.3 is 0 Å². The van der Waals surface area contributed by atoms with Crippen LogP contribution in [-0.2, 0) is 4.74 Å². The van der Waals surface area contributed by atoms with Gasteiger partial charge in [0.15, 0.2) is 0 Å². The molecule has 5 heterocycles. The molecule has 3 aliphatic heterocycles. The van der Waals surface area contributed by atoms with Crippen molar-refractivity contribution in [2.45, 2.75) is 32.2 Å². The molecule has 7 nitrogen and oxygen atoms in total. The van der Waals surface area contributed by atoms with Gasteiger partial charge in [-0.15, -0.1) is 0 Å². The van der Waals surface area contributed by atoms with Crippen LogP contribution in [0.25, 0.3) is 22.2 Å². The van der Waals surface area contributed by atoms with Crippen LogP contribution in [-0.4, -0.2) is 40.6 Å². The van der Waals surface area contributed by atoms with Crippen LogP contribution in [0.1, 0.15) is 65.0 Å². The van der Waals surface area contributed by atoms with E-state index in [0.717, 1.165) is 71.3 Å². The van der Waals surface area contributed by atoms with E-state index in [-0.39, 0.29) is 17.9 Å². The first-order valence-electron chi connectivity index (χ1n) is 16.8. The molecule has 2 N–H and O–H groups in total. The maximum Gasteiger partial charge on any atom is 0.272 e. The van der Waals surface area contributed by atoms with Crippen LogP contribution in [0, 0.1) is 11.8 Å². The number of hydrogen-bond donors (Lipinski definition) is 2. The van der Waals surface area contributed by atoms with E-state index in [1.54, 1.807) is 12.3 Å². The van der Waals surface area contributed by atoms with Gasteiger partial charge in [0.1, 0.15) is 11.4 Å². The van der Waals surface area contributed by atoms with Gasteiger partial charge in [-0.1, -0.05) is 78.7 Å². The number of pyridine rings is 1. The number of anilines is 1. The van der Waals surface area contributed by atoms with E-state index >= 15 is 0 Å². The van der Waals surface area contributed by atoms with Gasteiger partial charge in [0, 0.05) is 52.1 Å². The number of hydrogen-bond acceptors (Lipinski definition) is 5. The van der Waals surface area contributed by atoms with Crippen molar-refractivity contribution in [2.75, 3.05) is 25.1 Å². The minimum Gasteiger partial charge on any atom is -0.476 e. The number of H-pyrrole nitrogens is 1. The number of ether oxygens (including phenoxy) is 2. The van der Waals surface area contributed by atoms with Crippen LogP contribution >= 0.6 is 23.2 Å². The van der Waals surface area contributed by atoms with Crippen molar-refractivity contribution in [1.82, 2.24) is 14.9 Å². The van der Waals surface area contributed by atoms with Crippen molar-refractivity contribution in [1.29, 1.82) is 0 Å². The number of aromatic nitrogens is 2. The smallest absolute Gasteiger partial charge is 0.272 e. The molecule has 1 amide bonds. The average molecular weight is 692 g/mol. The lowest BCUT2D eigenvalue weighted by molar-refractivity contribution is 0.0491. The zero-order chi connectivity index (χ0) is 33.5. The number of halogens is 2. The molecule has 9 heteroatoms. The number of fused-ring (bicyclic) bond motifs is 2. The largest absolute Gasteiger partial charge is 0.476 e. The Balaban J connectivity index is 1.31. The first-order valence-corrected chi connectivity index (χ1v) is 17.5. The average Bonchev–Trinajstić information content (AvgIpc) is 3.41. The first-order chi connectivity index (χ1) is 24.0. The van der Waals surface area contributed by atoms with E-state index in [9.17, 15) is 4.79 Å². The first kappa shape index (κ1) is 31.7. The lowest BCUT2D eigenvalue weighted by Gasteiger charge is -2.39. The highest BCUT2D eigenvalue weighted by Gasteiger charge is 2.39. The molecular formula is C40H36Cl2N4O3. The highest BCUT2D eigenvalue weighted by molar-refractivity contribution is 6.32. The summed E-state index contributed by atoms with van der Waals surface area (Å²) in [7, 11) is 0. The molecule has 2 aromatic heterocycles. The van der Waals surface area contributed by atoms with Crippen LogP contribution in [0.4, 0.5) is 5.69 Å². The highest BCUT2D eigenvalue weighted by atomic mass is 35.5. The molecule has 2 atom stereocenters. The van der Waals surface area contributed by atoms with Crippen molar-refractivity contribution in [2.24, 2.45) is 11.8 Å². The zero-order valence-electron chi connectivity index (χ0n) is 27.1. The summed E-state index contributed by atoms with van der Waals surface area (Å²) in [6.45, 7) is 4.24. The van der Waals surface area contributed by atoms with E-state index in [4.69, 9.17) is 32.7 Å². The number of benzene rings is 3. The molecule has 0 aliphatic carbocycles. The molecule has 0 radical (unpaired) electrons. The normalized spacial score (nSPS) is 19.1. The summed E-state index contributed by atoms with van der Waals surface area (Å²) in [5, 5.41) is 5.37. The molecular weight excluding hydrogens is 655 g/mol. The quantitative estimate of drug-likeness (QED) is 0.178. The number of nitrogens with zero attached hydrogens (tertiary/aromatic N) is 2. The second-order valence-electron chi connectivity index (χ2n) is 13.0. The Kier molecular flexibility index (Phi) is 8.66. The Labute approximate surface area is 295 Å². The minimum atomic E-state index is -0.289. The lowest BCUT2D eigenvalue weighted by atomic mass is 9.82. The molecule has 0 bridgehead atoms. The summed E-state index contributed by atoms with van der Waals surface area (Å²) in [6, 6.07) is 25.8. The Morgan fingerprint density at radius 2 is 1.82 bits per heavy atom. The van der Waals surface area contributed by atoms with Crippen LogP contribution in [0.15, 0.2) is 97.3 Å². The van der Waals surface area contributed by atoms with Gasteiger partial charge in [-0.3, -0.25) is 4.79 Å². The second kappa shape index (κ2) is 13.4. The molecule has 1 fully saturated rings. The highest BCUT2D eigenvalue weighted by Crippen LogP contribution is 2.53. The third-order valence-electron chi connectivity index (χ3n) is 9.78. The maximum absolute atomic E-state index is 14.6. The predicted molar refractivity (Wildman–Crippen MR) is 196 cm³/mol. The van der Waals surface area contributed by atoms with Gasteiger partial charge in [0.25, 0.3) is 5.91 Å². The third-order valence-corrected chi connectivity index (χ3v) is 10.2. The molecule has 248 valence electrons. The van der Waals surface area contributed by atoms with E-state index in [0.29, 0.717) is 39.8 Å². The van der Waals surface area contributed by atoms with Gasteiger partial charge < -0.3 is 24.7 Å². The minimum absolute atomic E-state index is 0.169.